The highest BCUT2D eigenvalue weighted by molar-refractivity contribution is 5.76. The highest BCUT2D eigenvalue weighted by Gasteiger charge is 2.27. The molecule has 92 valence electrons. The zero-order chi connectivity index (χ0) is 12.4. The lowest BCUT2D eigenvalue weighted by molar-refractivity contribution is 0.112. The van der Waals surface area contributed by atoms with Crippen molar-refractivity contribution in [3.05, 3.63) is 29.3 Å². The van der Waals surface area contributed by atoms with E-state index in [1.807, 2.05) is 6.92 Å². The van der Waals surface area contributed by atoms with Crippen LogP contribution in [0.3, 0.4) is 0 Å². The van der Waals surface area contributed by atoms with Crippen molar-refractivity contribution in [2.45, 2.75) is 32.2 Å². The Labute approximate surface area is 99.2 Å². The number of aldehydes is 1. The smallest absolute Gasteiger partial charge is 0.150 e. The second kappa shape index (κ2) is 4.82. The van der Waals surface area contributed by atoms with Crippen LogP contribution in [0.25, 0.3) is 0 Å². The van der Waals surface area contributed by atoms with Crippen LogP contribution in [0.5, 0.6) is 0 Å². The molecule has 0 saturated carbocycles. The van der Waals surface area contributed by atoms with Crippen molar-refractivity contribution >= 4 is 12.0 Å². The van der Waals surface area contributed by atoms with E-state index in [0.717, 1.165) is 31.4 Å². The van der Waals surface area contributed by atoms with Gasteiger partial charge in [0.25, 0.3) is 0 Å². The number of rotatable bonds is 3. The van der Waals surface area contributed by atoms with Crippen molar-refractivity contribution in [2.24, 2.45) is 0 Å². The molecule has 2 rings (SSSR count). The molecular weight excluding hydrogens is 224 g/mol. The Morgan fingerprint density at radius 3 is 2.59 bits per heavy atom. The van der Waals surface area contributed by atoms with Crippen molar-refractivity contribution in [2.75, 3.05) is 11.4 Å². The standard InChI is InChI=1S/C13H15F2NO/c1-2-10-4-3-5-16(10)13-11(14)6-9(8-17)7-12(13)15/h6-8,10H,2-5H2,1H3. The summed E-state index contributed by atoms with van der Waals surface area (Å²) in [6.07, 6.45) is 3.24. The Bertz CT molecular complexity index is 410. The lowest BCUT2D eigenvalue weighted by Crippen LogP contribution is -2.30. The van der Waals surface area contributed by atoms with Gasteiger partial charge in [-0.2, -0.15) is 0 Å². The number of hydrogen-bond donors (Lipinski definition) is 0. The predicted molar refractivity (Wildman–Crippen MR) is 62.4 cm³/mol. The van der Waals surface area contributed by atoms with Gasteiger partial charge in [0.05, 0.1) is 0 Å². The molecule has 17 heavy (non-hydrogen) atoms. The minimum atomic E-state index is -0.646. The molecular formula is C13H15F2NO. The Morgan fingerprint density at radius 2 is 2.06 bits per heavy atom. The van der Waals surface area contributed by atoms with Crippen molar-refractivity contribution in [1.82, 2.24) is 0 Å². The Morgan fingerprint density at radius 1 is 1.41 bits per heavy atom. The third-order valence-electron chi connectivity index (χ3n) is 3.31. The molecule has 1 fully saturated rings. The SMILES string of the molecule is CCC1CCCN1c1c(F)cc(C=O)cc1F. The van der Waals surface area contributed by atoms with E-state index in [9.17, 15) is 13.6 Å². The molecule has 4 heteroatoms. The fourth-order valence-electron chi connectivity index (χ4n) is 2.48. The third kappa shape index (κ3) is 2.16. The molecule has 0 spiro atoms. The van der Waals surface area contributed by atoms with Gasteiger partial charge in [-0.25, -0.2) is 8.78 Å². The number of carbonyl (C=O) groups excluding carboxylic acids is 1. The van der Waals surface area contributed by atoms with Gasteiger partial charge in [0.15, 0.2) is 0 Å². The average molecular weight is 239 g/mol. The van der Waals surface area contributed by atoms with Gasteiger partial charge in [-0.3, -0.25) is 4.79 Å². The molecule has 1 aromatic rings. The van der Waals surface area contributed by atoms with E-state index in [4.69, 9.17) is 0 Å². The molecule has 1 aliphatic heterocycles. The van der Waals surface area contributed by atoms with E-state index >= 15 is 0 Å². The topological polar surface area (TPSA) is 20.3 Å². The third-order valence-corrected chi connectivity index (χ3v) is 3.31. The number of hydrogen-bond acceptors (Lipinski definition) is 2. The summed E-state index contributed by atoms with van der Waals surface area (Å²) in [5, 5.41) is 0. The molecule has 0 bridgehead atoms. The summed E-state index contributed by atoms with van der Waals surface area (Å²) >= 11 is 0. The van der Waals surface area contributed by atoms with Crippen LogP contribution >= 0.6 is 0 Å². The lowest BCUT2D eigenvalue weighted by Gasteiger charge is -2.26. The maximum absolute atomic E-state index is 13.8. The van der Waals surface area contributed by atoms with Crippen LogP contribution in [0.1, 0.15) is 36.5 Å². The van der Waals surface area contributed by atoms with Crippen LogP contribution in [0.15, 0.2) is 12.1 Å². The Kier molecular flexibility index (Phi) is 3.41. The van der Waals surface area contributed by atoms with Crippen molar-refractivity contribution in [3.8, 4) is 0 Å². The zero-order valence-corrected chi connectivity index (χ0v) is 9.75. The van der Waals surface area contributed by atoms with E-state index in [0.29, 0.717) is 12.8 Å². The van der Waals surface area contributed by atoms with Crippen LogP contribution in [-0.2, 0) is 0 Å². The first kappa shape index (κ1) is 12.0. The molecule has 1 aromatic carbocycles. The first-order chi connectivity index (χ1) is 8.17. The Hall–Kier alpha value is -1.45. The number of anilines is 1. The van der Waals surface area contributed by atoms with Crippen LogP contribution in [0.4, 0.5) is 14.5 Å². The molecule has 1 unspecified atom stereocenters. The minimum Gasteiger partial charge on any atom is -0.364 e. The van der Waals surface area contributed by atoms with E-state index < -0.39 is 11.6 Å². The molecule has 0 radical (unpaired) electrons. The summed E-state index contributed by atoms with van der Waals surface area (Å²) in [4.78, 5) is 12.3. The van der Waals surface area contributed by atoms with E-state index in [1.54, 1.807) is 4.90 Å². The quantitative estimate of drug-likeness (QED) is 0.755. The van der Waals surface area contributed by atoms with Crippen LogP contribution in [0, 0.1) is 11.6 Å². The molecule has 0 aliphatic carbocycles. The van der Waals surface area contributed by atoms with E-state index in [-0.39, 0.29) is 17.3 Å². The number of benzene rings is 1. The Balaban J connectivity index is 2.41. The predicted octanol–water partition coefficient (Wildman–Crippen LogP) is 3.16. The number of halogens is 2. The minimum absolute atomic E-state index is 0.0138. The van der Waals surface area contributed by atoms with Crippen molar-refractivity contribution in [1.29, 1.82) is 0 Å². The van der Waals surface area contributed by atoms with Gasteiger partial charge in [0, 0.05) is 18.2 Å². The van der Waals surface area contributed by atoms with Crippen molar-refractivity contribution < 1.29 is 13.6 Å². The molecule has 0 N–H and O–H groups in total. The zero-order valence-electron chi connectivity index (χ0n) is 9.75. The van der Waals surface area contributed by atoms with Gasteiger partial charge in [0.2, 0.25) is 0 Å². The largest absolute Gasteiger partial charge is 0.364 e. The summed E-state index contributed by atoms with van der Waals surface area (Å²) in [5.41, 5.74) is 0.0518. The average Bonchev–Trinajstić information content (AvgIpc) is 2.76. The van der Waals surface area contributed by atoms with Gasteiger partial charge >= 0.3 is 0 Å². The number of nitrogens with zero attached hydrogens (tertiary/aromatic N) is 1. The van der Waals surface area contributed by atoms with Crippen molar-refractivity contribution in [3.63, 3.8) is 0 Å². The molecule has 1 saturated heterocycles. The molecule has 2 nitrogen and oxygen atoms in total. The highest BCUT2D eigenvalue weighted by Crippen LogP contribution is 2.32. The van der Waals surface area contributed by atoms with E-state index in [1.165, 1.54) is 0 Å². The first-order valence-corrected chi connectivity index (χ1v) is 5.88. The highest BCUT2D eigenvalue weighted by atomic mass is 19.1. The molecule has 1 aliphatic rings. The van der Waals surface area contributed by atoms with Gasteiger partial charge in [-0.1, -0.05) is 6.92 Å². The van der Waals surface area contributed by atoms with Crippen LogP contribution < -0.4 is 4.90 Å². The number of carbonyl (C=O) groups is 1. The maximum Gasteiger partial charge on any atom is 0.150 e. The van der Waals surface area contributed by atoms with Gasteiger partial charge in [-0.15, -0.1) is 0 Å². The molecule has 0 amide bonds. The van der Waals surface area contributed by atoms with E-state index in [2.05, 4.69) is 0 Å². The fourth-order valence-corrected chi connectivity index (χ4v) is 2.48. The summed E-state index contributed by atoms with van der Waals surface area (Å²) in [6, 6.07) is 2.38. The molecule has 1 heterocycles. The second-order valence-corrected chi connectivity index (χ2v) is 4.35. The second-order valence-electron chi connectivity index (χ2n) is 4.35. The maximum atomic E-state index is 13.8. The van der Waals surface area contributed by atoms with Crippen LogP contribution in [-0.4, -0.2) is 18.9 Å². The summed E-state index contributed by atoms with van der Waals surface area (Å²) in [6.45, 7) is 2.69. The molecule has 1 atom stereocenters. The molecule has 0 aromatic heterocycles. The monoisotopic (exact) mass is 239 g/mol. The lowest BCUT2D eigenvalue weighted by atomic mass is 10.1. The fraction of sp³-hybridized carbons (Fsp3) is 0.462. The van der Waals surface area contributed by atoms with Gasteiger partial charge in [0.1, 0.15) is 23.6 Å². The van der Waals surface area contributed by atoms with Crippen LogP contribution in [0.2, 0.25) is 0 Å². The van der Waals surface area contributed by atoms with Gasteiger partial charge < -0.3 is 4.90 Å². The normalized spacial score (nSPS) is 19.7. The first-order valence-electron chi connectivity index (χ1n) is 5.88. The summed E-state index contributed by atoms with van der Waals surface area (Å²) < 4.78 is 27.6. The summed E-state index contributed by atoms with van der Waals surface area (Å²) in [7, 11) is 0. The summed E-state index contributed by atoms with van der Waals surface area (Å²) in [5.74, 6) is -1.29. The van der Waals surface area contributed by atoms with Gasteiger partial charge in [-0.05, 0) is 31.4 Å².